The Kier molecular flexibility index (Phi) is 5.26. The van der Waals surface area contributed by atoms with Crippen LogP contribution in [-0.4, -0.2) is 47.1 Å². The zero-order chi connectivity index (χ0) is 16.2. The average molecular weight is 317 g/mol. The molecule has 1 aromatic heterocycles. The van der Waals surface area contributed by atoms with E-state index >= 15 is 0 Å². The summed E-state index contributed by atoms with van der Waals surface area (Å²) < 4.78 is 5.15. The maximum absolute atomic E-state index is 13.0. The van der Waals surface area contributed by atoms with Crippen molar-refractivity contribution >= 4 is 5.91 Å². The van der Waals surface area contributed by atoms with Crippen molar-refractivity contribution in [2.24, 2.45) is 0 Å². The highest BCUT2D eigenvalue weighted by molar-refractivity contribution is 5.95. The third-order valence-electron chi connectivity index (χ3n) is 4.94. The van der Waals surface area contributed by atoms with E-state index < -0.39 is 0 Å². The third-order valence-corrected chi connectivity index (χ3v) is 4.94. The Hall–Kier alpha value is -1.49. The average Bonchev–Trinajstić information content (AvgIpc) is 3.40. The Morgan fingerprint density at radius 1 is 1.35 bits per heavy atom. The van der Waals surface area contributed by atoms with Crippen molar-refractivity contribution in [2.45, 2.75) is 63.8 Å². The fourth-order valence-electron chi connectivity index (χ4n) is 3.42. The van der Waals surface area contributed by atoms with Crippen molar-refractivity contribution in [1.29, 1.82) is 0 Å². The van der Waals surface area contributed by atoms with Crippen LogP contribution in [0.1, 0.15) is 72.7 Å². The van der Waals surface area contributed by atoms with Gasteiger partial charge in [-0.25, -0.2) is 9.97 Å². The predicted octanol–water partition coefficient (Wildman–Crippen LogP) is 3.08. The topological polar surface area (TPSA) is 55.3 Å². The second-order valence-electron chi connectivity index (χ2n) is 6.78. The minimum Gasteiger partial charge on any atom is -0.385 e. The van der Waals surface area contributed by atoms with Gasteiger partial charge in [-0.15, -0.1) is 0 Å². The molecule has 1 aromatic rings. The van der Waals surface area contributed by atoms with Crippen LogP contribution in [0.15, 0.2) is 6.20 Å². The van der Waals surface area contributed by atoms with Crippen LogP contribution in [0.4, 0.5) is 0 Å². The first-order chi connectivity index (χ1) is 11.2. The molecule has 2 aliphatic rings. The summed E-state index contributed by atoms with van der Waals surface area (Å²) in [5.74, 6) is 1.54. The molecule has 3 rings (SSSR count). The van der Waals surface area contributed by atoms with Gasteiger partial charge in [0, 0.05) is 38.4 Å². The molecule has 23 heavy (non-hydrogen) atoms. The number of amides is 1. The molecule has 5 heteroatoms. The van der Waals surface area contributed by atoms with E-state index in [0.717, 1.165) is 50.4 Å². The van der Waals surface area contributed by atoms with Crippen LogP contribution in [0, 0.1) is 6.92 Å². The molecule has 0 aromatic carbocycles. The van der Waals surface area contributed by atoms with E-state index in [0.29, 0.717) is 17.5 Å². The Morgan fingerprint density at radius 3 is 2.87 bits per heavy atom. The van der Waals surface area contributed by atoms with E-state index in [1.807, 2.05) is 11.8 Å². The Morgan fingerprint density at radius 2 is 2.17 bits per heavy atom. The third kappa shape index (κ3) is 3.89. The molecule has 1 saturated heterocycles. The molecule has 2 heterocycles. The molecule has 126 valence electrons. The molecule has 0 bridgehead atoms. The summed E-state index contributed by atoms with van der Waals surface area (Å²) in [5.41, 5.74) is 1.50. The first-order valence-electron chi connectivity index (χ1n) is 8.84. The monoisotopic (exact) mass is 317 g/mol. The molecular weight excluding hydrogens is 290 g/mol. The molecule has 1 atom stereocenters. The van der Waals surface area contributed by atoms with Gasteiger partial charge in [-0.05, 0) is 51.9 Å². The lowest BCUT2D eigenvalue weighted by atomic mass is 9.97. The van der Waals surface area contributed by atoms with Crippen molar-refractivity contribution in [3.8, 4) is 0 Å². The minimum atomic E-state index is 0.104. The Balaban J connectivity index is 1.71. The van der Waals surface area contributed by atoms with Crippen LogP contribution in [0.5, 0.6) is 0 Å². The number of carbonyl (C=O) groups is 1. The SMILES string of the molecule is COCCCC1CCCCN1C(=O)c1cnc(C2CC2)nc1C. The van der Waals surface area contributed by atoms with Gasteiger partial charge in [0.2, 0.25) is 0 Å². The van der Waals surface area contributed by atoms with Gasteiger partial charge in [-0.3, -0.25) is 4.79 Å². The second kappa shape index (κ2) is 7.39. The number of hydrogen-bond acceptors (Lipinski definition) is 4. The fraction of sp³-hybridized carbons (Fsp3) is 0.722. The Labute approximate surface area is 138 Å². The minimum absolute atomic E-state index is 0.104. The fourth-order valence-corrected chi connectivity index (χ4v) is 3.42. The molecule has 1 aliphatic carbocycles. The number of carbonyl (C=O) groups excluding carboxylic acids is 1. The summed E-state index contributed by atoms with van der Waals surface area (Å²) in [6, 6.07) is 0.328. The maximum atomic E-state index is 13.0. The lowest BCUT2D eigenvalue weighted by Gasteiger charge is -2.36. The zero-order valence-corrected chi connectivity index (χ0v) is 14.3. The van der Waals surface area contributed by atoms with Gasteiger partial charge in [-0.2, -0.15) is 0 Å². The van der Waals surface area contributed by atoms with E-state index in [9.17, 15) is 4.79 Å². The number of methoxy groups -OCH3 is 1. The van der Waals surface area contributed by atoms with Gasteiger partial charge in [0.1, 0.15) is 5.82 Å². The molecule has 2 fully saturated rings. The molecular formula is C18H27N3O2. The van der Waals surface area contributed by atoms with Gasteiger partial charge in [0.15, 0.2) is 0 Å². The van der Waals surface area contributed by atoms with Gasteiger partial charge in [-0.1, -0.05) is 0 Å². The van der Waals surface area contributed by atoms with E-state index in [-0.39, 0.29) is 5.91 Å². The highest BCUT2D eigenvalue weighted by Gasteiger charge is 2.30. The molecule has 0 spiro atoms. The number of piperidine rings is 1. The normalized spacial score (nSPS) is 21.5. The zero-order valence-electron chi connectivity index (χ0n) is 14.3. The lowest BCUT2D eigenvalue weighted by molar-refractivity contribution is 0.0583. The molecule has 1 amide bonds. The first-order valence-corrected chi connectivity index (χ1v) is 8.84. The number of nitrogens with zero attached hydrogens (tertiary/aromatic N) is 3. The highest BCUT2D eigenvalue weighted by Crippen LogP contribution is 2.38. The molecule has 1 unspecified atom stereocenters. The standard InChI is InChI=1S/C18H27N3O2/c1-13-16(12-19-17(20-13)14-8-9-14)18(22)21-10-4-3-6-15(21)7-5-11-23-2/h12,14-15H,3-11H2,1-2H3. The predicted molar refractivity (Wildman–Crippen MR) is 88.5 cm³/mol. The van der Waals surface area contributed by atoms with E-state index in [1.54, 1.807) is 13.3 Å². The second-order valence-corrected chi connectivity index (χ2v) is 6.78. The number of aryl methyl sites for hydroxylation is 1. The van der Waals surface area contributed by atoms with Gasteiger partial charge in [0.25, 0.3) is 5.91 Å². The molecule has 0 N–H and O–H groups in total. The number of likely N-dealkylation sites (tertiary alicyclic amines) is 1. The van der Waals surface area contributed by atoms with Crippen LogP contribution in [0.25, 0.3) is 0 Å². The highest BCUT2D eigenvalue weighted by atomic mass is 16.5. The summed E-state index contributed by atoms with van der Waals surface area (Å²) in [7, 11) is 1.73. The van der Waals surface area contributed by atoms with Crippen LogP contribution >= 0.6 is 0 Å². The number of rotatable bonds is 6. The van der Waals surface area contributed by atoms with Crippen LogP contribution in [0.2, 0.25) is 0 Å². The van der Waals surface area contributed by atoms with Crippen LogP contribution < -0.4 is 0 Å². The van der Waals surface area contributed by atoms with Crippen LogP contribution in [-0.2, 0) is 4.74 Å². The number of ether oxygens (including phenoxy) is 1. The Bertz CT molecular complexity index is 557. The maximum Gasteiger partial charge on any atom is 0.257 e. The van der Waals surface area contributed by atoms with E-state index in [1.165, 1.54) is 19.3 Å². The number of hydrogen-bond donors (Lipinski definition) is 0. The summed E-state index contributed by atoms with van der Waals surface area (Å²) >= 11 is 0. The first kappa shape index (κ1) is 16.4. The van der Waals surface area contributed by atoms with E-state index in [2.05, 4.69) is 9.97 Å². The van der Waals surface area contributed by atoms with Gasteiger partial charge in [0.05, 0.1) is 11.3 Å². The van der Waals surface area contributed by atoms with E-state index in [4.69, 9.17) is 4.74 Å². The molecule has 1 aliphatic heterocycles. The van der Waals surface area contributed by atoms with Crippen molar-refractivity contribution in [3.05, 3.63) is 23.3 Å². The van der Waals surface area contributed by atoms with Crippen molar-refractivity contribution in [3.63, 3.8) is 0 Å². The van der Waals surface area contributed by atoms with Crippen molar-refractivity contribution in [1.82, 2.24) is 14.9 Å². The summed E-state index contributed by atoms with van der Waals surface area (Å²) in [4.78, 5) is 24.0. The van der Waals surface area contributed by atoms with Crippen LogP contribution in [0.3, 0.4) is 0 Å². The molecule has 1 saturated carbocycles. The molecule has 0 radical (unpaired) electrons. The summed E-state index contributed by atoms with van der Waals surface area (Å²) in [6.07, 6.45) is 9.51. The van der Waals surface area contributed by atoms with Gasteiger partial charge < -0.3 is 9.64 Å². The van der Waals surface area contributed by atoms with Crippen molar-refractivity contribution in [2.75, 3.05) is 20.3 Å². The largest absolute Gasteiger partial charge is 0.385 e. The van der Waals surface area contributed by atoms with Crippen molar-refractivity contribution < 1.29 is 9.53 Å². The smallest absolute Gasteiger partial charge is 0.257 e. The summed E-state index contributed by atoms with van der Waals surface area (Å²) in [5, 5.41) is 0. The van der Waals surface area contributed by atoms with Gasteiger partial charge >= 0.3 is 0 Å². The number of aromatic nitrogens is 2. The quantitative estimate of drug-likeness (QED) is 0.757. The lowest BCUT2D eigenvalue weighted by Crippen LogP contribution is -2.44. The summed E-state index contributed by atoms with van der Waals surface area (Å²) in [6.45, 7) is 3.54. The molecule has 5 nitrogen and oxygen atoms in total.